The van der Waals surface area contributed by atoms with Gasteiger partial charge in [-0.05, 0) is 12.8 Å². The van der Waals surface area contributed by atoms with Crippen LogP contribution in [0.25, 0.3) is 0 Å². The molecule has 0 unspecified atom stereocenters. The van der Waals surface area contributed by atoms with E-state index in [-0.39, 0.29) is 10.5 Å². The summed E-state index contributed by atoms with van der Waals surface area (Å²) in [5, 5.41) is 0.0561. The summed E-state index contributed by atoms with van der Waals surface area (Å²) in [5.74, 6) is 0. The minimum Gasteiger partial charge on any atom is -0.228 e. The van der Waals surface area contributed by atoms with Gasteiger partial charge >= 0.3 is 0 Å². The van der Waals surface area contributed by atoms with Crippen molar-refractivity contribution in [3.8, 4) is 0 Å². The standard InChI is InChI=1S/C16H32O2S/c1-3-5-7-9-11-13-15-16(19(15,17)18)14-12-10-8-6-4-2/h15-16H,3-14H2,1-2H3/t15-,16+. The van der Waals surface area contributed by atoms with Crippen LogP contribution in [0.5, 0.6) is 0 Å². The van der Waals surface area contributed by atoms with Gasteiger partial charge in [-0.15, -0.1) is 0 Å². The third-order valence-electron chi connectivity index (χ3n) is 4.37. The van der Waals surface area contributed by atoms with Crippen molar-refractivity contribution in [2.75, 3.05) is 0 Å². The van der Waals surface area contributed by atoms with Crippen LogP contribution in [0.3, 0.4) is 0 Å². The molecule has 0 N–H and O–H groups in total. The van der Waals surface area contributed by atoms with Crippen molar-refractivity contribution in [3.63, 3.8) is 0 Å². The lowest BCUT2D eigenvalue weighted by molar-refractivity contribution is 0.578. The zero-order valence-corrected chi connectivity index (χ0v) is 13.7. The van der Waals surface area contributed by atoms with Gasteiger partial charge in [-0.2, -0.15) is 0 Å². The van der Waals surface area contributed by atoms with Crippen LogP contribution < -0.4 is 0 Å². The van der Waals surface area contributed by atoms with Crippen LogP contribution in [0.1, 0.15) is 90.9 Å². The fourth-order valence-electron chi connectivity index (χ4n) is 2.98. The Morgan fingerprint density at radius 3 is 1.37 bits per heavy atom. The molecule has 0 spiro atoms. The summed E-state index contributed by atoms with van der Waals surface area (Å²) in [5.41, 5.74) is 0. The van der Waals surface area contributed by atoms with E-state index in [1.165, 1.54) is 51.4 Å². The molecule has 0 aliphatic carbocycles. The molecule has 0 bridgehead atoms. The molecular formula is C16H32O2S. The van der Waals surface area contributed by atoms with Crippen LogP contribution in [-0.2, 0) is 9.84 Å². The highest BCUT2D eigenvalue weighted by Crippen LogP contribution is 2.40. The van der Waals surface area contributed by atoms with Crippen molar-refractivity contribution in [3.05, 3.63) is 0 Å². The Kier molecular flexibility index (Phi) is 8.05. The molecule has 1 aliphatic rings. The fourth-order valence-corrected chi connectivity index (χ4v) is 5.28. The molecule has 1 heterocycles. The second-order valence-corrected chi connectivity index (χ2v) is 8.46. The SMILES string of the molecule is CCCCCCC[C@@H]1[C@H](CCCCCCC)S1(=O)=O. The van der Waals surface area contributed by atoms with Gasteiger partial charge in [0.15, 0.2) is 9.84 Å². The van der Waals surface area contributed by atoms with Gasteiger partial charge in [0, 0.05) is 0 Å². The summed E-state index contributed by atoms with van der Waals surface area (Å²) in [6.07, 6.45) is 14.1. The Balaban J connectivity index is 2.08. The van der Waals surface area contributed by atoms with Gasteiger partial charge in [-0.1, -0.05) is 78.1 Å². The van der Waals surface area contributed by atoms with Gasteiger partial charge in [0.05, 0.1) is 10.5 Å². The lowest BCUT2D eigenvalue weighted by atomic mass is 10.0. The maximum absolute atomic E-state index is 11.8. The van der Waals surface area contributed by atoms with Crippen LogP contribution in [0.4, 0.5) is 0 Å². The zero-order chi connectivity index (χ0) is 14.1. The maximum Gasteiger partial charge on any atom is 0.158 e. The van der Waals surface area contributed by atoms with Crippen LogP contribution in [0.15, 0.2) is 0 Å². The average Bonchev–Trinajstić information content (AvgIpc) is 2.90. The number of unbranched alkanes of at least 4 members (excludes halogenated alkanes) is 8. The summed E-state index contributed by atoms with van der Waals surface area (Å²) in [6, 6.07) is 0. The second kappa shape index (κ2) is 8.99. The number of sulfone groups is 1. The van der Waals surface area contributed by atoms with Crippen molar-refractivity contribution in [2.24, 2.45) is 0 Å². The third-order valence-corrected chi connectivity index (χ3v) is 6.87. The molecule has 1 rings (SSSR count). The van der Waals surface area contributed by atoms with Crippen LogP contribution in [0, 0.1) is 0 Å². The van der Waals surface area contributed by atoms with Gasteiger partial charge in [0.25, 0.3) is 0 Å². The van der Waals surface area contributed by atoms with Crippen LogP contribution >= 0.6 is 0 Å². The molecule has 0 aromatic rings. The highest BCUT2D eigenvalue weighted by atomic mass is 32.2. The number of hydrogen-bond acceptors (Lipinski definition) is 2. The van der Waals surface area contributed by atoms with Crippen molar-refractivity contribution in [1.29, 1.82) is 0 Å². The summed E-state index contributed by atoms with van der Waals surface area (Å²) >= 11 is 0. The van der Waals surface area contributed by atoms with Gasteiger partial charge in [-0.3, -0.25) is 0 Å². The molecule has 1 saturated heterocycles. The molecule has 0 saturated carbocycles. The second-order valence-electron chi connectivity index (χ2n) is 6.07. The molecule has 0 aromatic heterocycles. The molecule has 3 heteroatoms. The number of hydrogen-bond donors (Lipinski definition) is 0. The summed E-state index contributed by atoms with van der Waals surface area (Å²) in [6.45, 7) is 4.42. The van der Waals surface area contributed by atoms with E-state index in [9.17, 15) is 8.42 Å². The molecule has 0 radical (unpaired) electrons. The minimum atomic E-state index is -2.68. The predicted molar refractivity (Wildman–Crippen MR) is 83.2 cm³/mol. The highest BCUT2D eigenvalue weighted by molar-refractivity contribution is 7.99. The molecular weight excluding hydrogens is 256 g/mol. The van der Waals surface area contributed by atoms with Gasteiger partial charge in [-0.25, -0.2) is 8.42 Å². The zero-order valence-electron chi connectivity index (χ0n) is 12.9. The van der Waals surface area contributed by atoms with E-state index >= 15 is 0 Å². The quantitative estimate of drug-likeness (QED) is 0.379. The molecule has 0 amide bonds. The van der Waals surface area contributed by atoms with E-state index in [2.05, 4.69) is 13.8 Å². The lowest BCUT2D eigenvalue weighted by Gasteiger charge is -1.99. The van der Waals surface area contributed by atoms with E-state index in [1.54, 1.807) is 0 Å². The van der Waals surface area contributed by atoms with Crippen LogP contribution in [0.2, 0.25) is 0 Å². The summed E-state index contributed by atoms with van der Waals surface area (Å²) in [7, 11) is -2.68. The monoisotopic (exact) mass is 288 g/mol. The maximum atomic E-state index is 11.8. The summed E-state index contributed by atoms with van der Waals surface area (Å²) in [4.78, 5) is 0. The fraction of sp³-hybridized carbons (Fsp3) is 1.00. The van der Waals surface area contributed by atoms with Crippen molar-refractivity contribution in [1.82, 2.24) is 0 Å². The minimum absolute atomic E-state index is 0.0281. The van der Waals surface area contributed by atoms with Gasteiger partial charge < -0.3 is 0 Å². The van der Waals surface area contributed by atoms with Crippen LogP contribution in [-0.4, -0.2) is 18.9 Å². The normalized spacial score (nSPS) is 24.5. The van der Waals surface area contributed by atoms with E-state index in [0.29, 0.717) is 0 Å². The lowest BCUT2D eigenvalue weighted by Crippen LogP contribution is -1.94. The molecule has 0 aromatic carbocycles. The summed E-state index contributed by atoms with van der Waals surface area (Å²) < 4.78 is 23.7. The molecule has 1 aliphatic heterocycles. The average molecular weight is 288 g/mol. The highest BCUT2D eigenvalue weighted by Gasteiger charge is 2.55. The Morgan fingerprint density at radius 2 is 1.00 bits per heavy atom. The van der Waals surface area contributed by atoms with E-state index in [0.717, 1.165) is 25.7 Å². The first-order valence-electron chi connectivity index (χ1n) is 8.37. The molecule has 1 fully saturated rings. The molecule has 114 valence electrons. The molecule has 2 nitrogen and oxygen atoms in total. The Morgan fingerprint density at radius 1 is 0.632 bits per heavy atom. The van der Waals surface area contributed by atoms with Crippen molar-refractivity contribution < 1.29 is 8.42 Å². The first-order valence-corrected chi connectivity index (χ1v) is 9.98. The Hall–Kier alpha value is -0.0500. The van der Waals surface area contributed by atoms with Gasteiger partial charge in [0.2, 0.25) is 0 Å². The van der Waals surface area contributed by atoms with Gasteiger partial charge in [0.1, 0.15) is 0 Å². The first kappa shape index (κ1) is 17.0. The number of rotatable bonds is 12. The molecule has 19 heavy (non-hydrogen) atoms. The first-order chi connectivity index (χ1) is 9.14. The molecule has 2 atom stereocenters. The predicted octanol–water partition coefficient (Wildman–Crippen LogP) is 4.87. The van der Waals surface area contributed by atoms with Crippen molar-refractivity contribution in [2.45, 2.75) is 101 Å². The van der Waals surface area contributed by atoms with E-state index in [1.807, 2.05) is 0 Å². The Bertz CT molecular complexity index is 296. The topological polar surface area (TPSA) is 34.1 Å². The Labute approximate surface area is 120 Å². The smallest absolute Gasteiger partial charge is 0.158 e. The van der Waals surface area contributed by atoms with E-state index < -0.39 is 9.84 Å². The third kappa shape index (κ3) is 5.85. The van der Waals surface area contributed by atoms with E-state index in [4.69, 9.17) is 0 Å². The van der Waals surface area contributed by atoms with Crippen molar-refractivity contribution >= 4 is 9.84 Å². The largest absolute Gasteiger partial charge is 0.228 e.